The Morgan fingerprint density at radius 3 is 2.75 bits per heavy atom. The zero-order valence-corrected chi connectivity index (χ0v) is 11.8. The molecular weight excluding hydrogens is 253 g/mol. The van der Waals surface area contributed by atoms with Crippen molar-refractivity contribution >= 4 is 10.9 Å². The number of nitrogens with zero attached hydrogens (tertiary/aromatic N) is 3. The van der Waals surface area contributed by atoms with Crippen LogP contribution in [-0.4, -0.2) is 14.3 Å². The first kappa shape index (κ1) is 12.9. The van der Waals surface area contributed by atoms with Gasteiger partial charge in [-0.2, -0.15) is 5.10 Å². The molecule has 20 heavy (non-hydrogen) atoms. The van der Waals surface area contributed by atoms with E-state index in [4.69, 9.17) is 0 Å². The number of rotatable bonds is 4. The van der Waals surface area contributed by atoms with Crippen LogP contribution in [0.1, 0.15) is 25.2 Å². The molecule has 0 N–H and O–H groups in total. The zero-order chi connectivity index (χ0) is 14.1. The van der Waals surface area contributed by atoms with Gasteiger partial charge in [0.15, 0.2) is 0 Å². The van der Waals surface area contributed by atoms with E-state index in [2.05, 4.69) is 29.6 Å². The van der Waals surface area contributed by atoms with Crippen molar-refractivity contribution in [3.8, 4) is 0 Å². The Hall–Kier alpha value is -2.10. The highest BCUT2D eigenvalue weighted by Crippen LogP contribution is 2.19. The highest BCUT2D eigenvalue weighted by molar-refractivity contribution is 5.80. The smallest absolute Gasteiger partial charge is 0.123 e. The Bertz CT molecular complexity index is 739. The maximum absolute atomic E-state index is 13.2. The maximum Gasteiger partial charge on any atom is 0.123 e. The third-order valence-electron chi connectivity index (χ3n) is 3.64. The number of benzene rings is 1. The fourth-order valence-electron chi connectivity index (χ4n) is 2.57. The van der Waals surface area contributed by atoms with E-state index >= 15 is 0 Å². The molecule has 1 aromatic carbocycles. The molecule has 2 heterocycles. The Balaban J connectivity index is 1.98. The summed E-state index contributed by atoms with van der Waals surface area (Å²) in [5.74, 6) is -0.192. The van der Waals surface area contributed by atoms with Gasteiger partial charge in [0.1, 0.15) is 5.82 Å². The molecule has 3 aromatic rings. The fraction of sp³-hybridized carbons (Fsp3) is 0.312. The minimum absolute atomic E-state index is 0.192. The molecule has 0 unspecified atom stereocenters. The lowest BCUT2D eigenvalue weighted by molar-refractivity contribution is 0.599. The Kier molecular flexibility index (Phi) is 3.30. The molecule has 2 aromatic heterocycles. The monoisotopic (exact) mass is 271 g/mol. The number of hydrogen-bond donors (Lipinski definition) is 0. The van der Waals surface area contributed by atoms with Gasteiger partial charge in [0.2, 0.25) is 0 Å². The van der Waals surface area contributed by atoms with Crippen LogP contribution in [0.15, 0.2) is 36.5 Å². The summed E-state index contributed by atoms with van der Waals surface area (Å²) >= 11 is 0. The van der Waals surface area contributed by atoms with E-state index in [0.29, 0.717) is 0 Å². The van der Waals surface area contributed by atoms with Crippen LogP contribution < -0.4 is 0 Å². The zero-order valence-electron chi connectivity index (χ0n) is 11.8. The van der Waals surface area contributed by atoms with E-state index in [9.17, 15) is 4.39 Å². The summed E-state index contributed by atoms with van der Waals surface area (Å²) in [6, 6.07) is 9.01. The van der Waals surface area contributed by atoms with Crippen LogP contribution in [0, 0.1) is 5.82 Å². The molecule has 0 aliphatic heterocycles. The van der Waals surface area contributed by atoms with Gasteiger partial charge in [0.25, 0.3) is 0 Å². The van der Waals surface area contributed by atoms with Gasteiger partial charge >= 0.3 is 0 Å². The summed E-state index contributed by atoms with van der Waals surface area (Å²) in [6.45, 7) is 5.83. The summed E-state index contributed by atoms with van der Waals surface area (Å²) in [6.07, 6.45) is 2.94. The lowest BCUT2D eigenvalue weighted by Crippen LogP contribution is -2.07. The second kappa shape index (κ2) is 5.12. The van der Waals surface area contributed by atoms with Crippen LogP contribution in [0.25, 0.3) is 10.9 Å². The average Bonchev–Trinajstić information content (AvgIpc) is 3.03. The summed E-state index contributed by atoms with van der Waals surface area (Å²) in [4.78, 5) is 0. The summed E-state index contributed by atoms with van der Waals surface area (Å²) < 4.78 is 17.4. The first-order valence-corrected chi connectivity index (χ1v) is 7.01. The predicted octanol–water partition coefficient (Wildman–Crippen LogP) is 3.61. The largest absolute Gasteiger partial charge is 0.341 e. The summed E-state index contributed by atoms with van der Waals surface area (Å²) in [5.41, 5.74) is 3.35. The van der Waals surface area contributed by atoms with Crippen molar-refractivity contribution in [3.63, 3.8) is 0 Å². The Morgan fingerprint density at radius 2 is 2.00 bits per heavy atom. The van der Waals surface area contributed by atoms with Gasteiger partial charge in [-0.25, -0.2) is 4.39 Å². The quantitative estimate of drug-likeness (QED) is 0.711. The first-order valence-electron chi connectivity index (χ1n) is 7.01. The van der Waals surface area contributed by atoms with Crippen molar-refractivity contribution in [1.29, 1.82) is 0 Å². The van der Waals surface area contributed by atoms with Gasteiger partial charge < -0.3 is 4.57 Å². The summed E-state index contributed by atoms with van der Waals surface area (Å²) in [7, 11) is 0. The van der Waals surface area contributed by atoms with E-state index in [0.717, 1.165) is 36.1 Å². The third-order valence-corrected chi connectivity index (χ3v) is 3.64. The van der Waals surface area contributed by atoms with Crippen molar-refractivity contribution < 1.29 is 4.39 Å². The van der Waals surface area contributed by atoms with Crippen molar-refractivity contribution in [1.82, 2.24) is 14.3 Å². The lowest BCUT2D eigenvalue weighted by Gasteiger charge is -2.07. The first-order chi connectivity index (χ1) is 9.71. The van der Waals surface area contributed by atoms with Crippen molar-refractivity contribution in [2.45, 2.75) is 33.4 Å². The molecule has 0 saturated heterocycles. The molecule has 0 atom stereocenters. The van der Waals surface area contributed by atoms with Crippen molar-refractivity contribution in [2.24, 2.45) is 0 Å². The number of halogens is 1. The van der Waals surface area contributed by atoms with Crippen molar-refractivity contribution in [2.75, 3.05) is 0 Å². The molecule has 104 valence electrons. The van der Waals surface area contributed by atoms with Gasteiger partial charge in [-0.1, -0.05) is 6.92 Å². The fourth-order valence-corrected chi connectivity index (χ4v) is 2.57. The van der Waals surface area contributed by atoms with Crippen LogP contribution in [0.4, 0.5) is 4.39 Å². The highest BCUT2D eigenvalue weighted by atomic mass is 19.1. The molecule has 0 radical (unpaired) electrons. The third kappa shape index (κ3) is 2.22. The van der Waals surface area contributed by atoms with Gasteiger partial charge in [-0.3, -0.25) is 4.68 Å². The van der Waals surface area contributed by atoms with E-state index in [1.807, 2.05) is 23.0 Å². The standard InChI is InChI=1S/C16H18FN3/c1-3-14-10-15(20(4-2)18-14)11-19-8-7-12-9-13(17)5-6-16(12)19/h5-10H,3-4,11H2,1-2H3. The van der Waals surface area contributed by atoms with Gasteiger partial charge in [-0.05, 0) is 43.7 Å². The Morgan fingerprint density at radius 1 is 1.15 bits per heavy atom. The molecular formula is C16H18FN3. The molecule has 0 bridgehead atoms. The van der Waals surface area contributed by atoms with E-state index in [1.165, 1.54) is 11.8 Å². The van der Waals surface area contributed by atoms with Gasteiger partial charge in [0.05, 0.1) is 17.9 Å². The number of aryl methyl sites for hydroxylation is 2. The second-order valence-corrected chi connectivity index (χ2v) is 4.94. The SMILES string of the molecule is CCc1cc(Cn2ccc3cc(F)ccc32)n(CC)n1. The lowest BCUT2D eigenvalue weighted by atomic mass is 10.2. The topological polar surface area (TPSA) is 22.8 Å². The number of fused-ring (bicyclic) bond motifs is 1. The molecule has 0 aliphatic carbocycles. The van der Waals surface area contributed by atoms with Gasteiger partial charge in [0, 0.05) is 23.6 Å². The number of hydrogen-bond acceptors (Lipinski definition) is 1. The predicted molar refractivity (Wildman–Crippen MR) is 78.3 cm³/mol. The molecule has 0 saturated carbocycles. The molecule has 0 amide bonds. The minimum Gasteiger partial charge on any atom is -0.341 e. The Labute approximate surface area is 117 Å². The van der Waals surface area contributed by atoms with Crippen LogP contribution in [0.3, 0.4) is 0 Å². The van der Waals surface area contributed by atoms with Crippen LogP contribution >= 0.6 is 0 Å². The van der Waals surface area contributed by atoms with Crippen LogP contribution in [0.2, 0.25) is 0 Å². The van der Waals surface area contributed by atoms with Crippen molar-refractivity contribution in [3.05, 3.63) is 53.7 Å². The molecule has 0 spiro atoms. The molecule has 4 heteroatoms. The molecule has 3 nitrogen and oxygen atoms in total. The van der Waals surface area contributed by atoms with Crippen LogP contribution in [0.5, 0.6) is 0 Å². The normalized spacial score (nSPS) is 11.3. The molecule has 0 fully saturated rings. The minimum atomic E-state index is -0.192. The molecule has 3 rings (SSSR count). The average molecular weight is 271 g/mol. The maximum atomic E-state index is 13.2. The van der Waals surface area contributed by atoms with E-state index in [-0.39, 0.29) is 5.82 Å². The van der Waals surface area contributed by atoms with E-state index < -0.39 is 0 Å². The highest BCUT2D eigenvalue weighted by Gasteiger charge is 2.08. The van der Waals surface area contributed by atoms with Crippen LogP contribution in [-0.2, 0) is 19.5 Å². The van der Waals surface area contributed by atoms with E-state index in [1.54, 1.807) is 6.07 Å². The van der Waals surface area contributed by atoms with Gasteiger partial charge in [-0.15, -0.1) is 0 Å². The molecule has 0 aliphatic rings. The number of aromatic nitrogens is 3. The summed E-state index contributed by atoms with van der Waals surface area (Å²) in [5, 5.41) is 5.50. The second-order valence-electron chi connectivity index (χ2n) is 4.94.